The molecule has 2 rings (SSSR count). The third kappa shape index (κ3) is 4.73. The molecule has 0 amide bonds. The summed E-state index contributed by atoms with van der Waals surface area (Å²) in [5.74, 6) is 0.788. The standard InChI is InChI=1S/C16H25BO4/c1-15(2,9-18)10-19-14-7-5-13(6-8-14)17-20-11-16(3,4)12-21-17/h5-8,18H,9-12H2,1-4H3. The van der Waals surface area contributed by atoms with Crippen molar-refractivity contribution in [2.45, 2.75) is 27.7 Å². The first-order valence-electron chi connectivity index (χ1n) is 7.38. The summed E-state index contributed by atoms with van der Waals surface area (Å²) in [7, 11) is -0.291. The van der Waals surface area contributed by atoms with E-state index in [4.69, 9.17) is 14.0 Å². The molecule has 1 aliphatic rings. The molecule has 1 saturated heterocycles. The molecule has 0 saturated carbocycles. The zero-order chi connectivity index (χ0) is 15.5. The normalized spacial score (nSPS) is 18.6. The van der Waals surface area contributed by atoms with Crippen LogP contribution in [-0.4, -0.2) is 38.7 Å². The second kappa shape index (κ2) is 6.38. The van der Waals surface area contributed by atoms with Gasteiger partial charge < -0.3 is 19.2 Å². The van der Waals surface area contributed by atoms with Crippen molar-refractivity contribution < 1.29 is 19.2 Å². The predicted molar refractivity (Wildman–Crippen MR) is 83.9 cm³/mol. The van der Waals surface area contributed by atoms with Gasteiger partial charge in [0.2, 0.25) is 0 Å². The molecule has 21 heavy (non-hydrogen) atoms. The average Bonchev–Trinajstić information content (AvgIpc) is 2.46. The fourth-order valence-electron chi connectivity index (χ4n) is 1.93. The summed E-state index contributed by atoms with van der Waals surface area (Å²) in [5.41, 5.74) is 0.842. The van der Waals surface area contributed by atoms with E-state index in [1.54, 1.807) is 0 Å². The Bertz CT molecular complexity index is 446. The largest absolute Gasteiger partial charge is 0.493 e. The molecule has 1 aliphatic heterocycles. The molecule has 1 N–H and O–H groups in total. The highest BCUT2D eigenvalue weighted by Crippen LogP contribution is 2.22. The molecule has 5 heteroatoms. The fraction of sp³-hybridized carbons (Fsp3) is 0.625. The van der Waals surface area contributed by atoms with E-state index in [1.165, 1.54) is 0 Å². The minimum absolute atomic E-state index is 0.0788. The molecule has 0 spiro atoms. The minimum atomic E-state index is -0.291. The molecule has 0 bridgehead atoms. The van der Waals surface area contributed by atoms with Gasteiger partial charge in [0, 0.05) is 24.0 Å². The van der Waals surface area contributed by atoms with Gasteiger partial charge in [0.05, 0.1) is 13.2 Å². The van der Waals surface area contributed by atoms with Gasteiger partial charge in [-0.3, -0.25) is 0 Å². The number of aliphatic hydroxyl groups excluding tert-OH is 1. The van der Waals surface area contributed by atoms with Gasteiger partial charge in [-0.15, -0.1) is 0 Å². The van der Waals surface area contributed by atoms with Gasteiger partial charge >= 0.3 is 7.12 Å². The lowest BCUT2D eigenvalue weighted by atomic mass is 9.76. The van der Waals surface area contributed by atoms with E-state index in [-0.39, 0.29) is 24.6 Å². The van der Waals surface area contributed by atoms with Gasteiger partial charge in [-0.2, -0.15) is 0 Å². The van der Waals surface area contributed by atoms with Gasteiger partial charge in [-0.1, -0.05) is 39.8 Å². The Morgan fingerprint density at radius 2 is 1.76 bits per heavy atom. The fourth-order valence-corrected chi connectivity index (χ4v) is 1.93. The molecule has 1 heterocycles. The van der Waals surface area contributed by atoms with E-state index in [9.17, 15) is 5.11 Å². The van der Waals surface area contributed by atoms with Crippen LogP contribution in [0.2, 0.25) is 0 Å². The third-order valence-corrected chi connectivity index (χ3v) is 3.46. The maximum atomic E-state index is 9.22. The van der Waals surface area contributed by atoms with Crippen LogP contribution in [0.5, 0.6) is 5.75 Å². The van der Waals surface area contributed by atoms with Gasteiger partial charge in [0.1, 0.15) is 5.75 Å². The van der Waals surface area contributed by atoms with E-state index >= 15 is 0 Å². The summed E-state index contributed by atoms with van der Waals surface area (Å²) in [5, 5.41) is 9.22. The van der Waals surface area contributed by atoms with Gasteiger partial charge in [-0.05, 0) is 17.6 Å². The first kappa shape index (κ1) is 16.3. The molecule has 1 aromatic rings. The van der Waals surface area contributed by atoms with Crippen LogP contribution in [0.4, 0.5) is 0 Å². The van der Waals surface area contributed by atoms with Crippen molar-refractivity contribution in [3.8, 4) is 5.75 Å². The Morgan fingerprint density at radius 1 is 1.19 bits per heavy atom. The zero-order valence-electron chi connectivity index (χ0n) is 13.4. The first-order valence-corrected chi connectivity index (χ1v) is 7.38. The first-order chi connectivity index (χ1) is 9.81. The Balaban J connectivity index is 1.90. The number of ether oxygens (including phenoxy) is 1. The highest BCUT2D eigenvalue weighted by Gasteiger charge is 2.33. The van der Waals surface area contributed by atoms with E-state index in [1.807, 2.05) is 38.1 Å². The number of benzene rings is 1. The third-order valence-electron chi connectivity index (χ3n) is 3.46. The van der Waals surface area contributed by atoms with E-state index in [0.29, 0.717) is 19.8 Å². The van der Waals surface area contributed by atoms with Gasteiger partial charge in [0.15, 0.2) is 0 Å². The quantitative estimate of drug-likeness (QED) is 0.841. The SMILES string of the molecule is CC1(C)COB(c2ccc(OCC(C)(C)CO)cc2)OC1. The van der Waals surface area contributed by atoms with Crippen LogP contribution in [0.1, 0.15) is 27.7 Å². The maximum Gasteiger partial charge on any atom is 0.493 e. The lowest BCUT2D eigenvalue weighted by Crippen LogP contribution is -2.47. The van der Waals surface area contributed by atoms with Crippen molar-refractivity contribution in [2.75, 3.05) is 26.4 Å². The Hall–Kier alpha value is -1.04. The molecule has 0 aliphatic carbocycles. The van der Waals surface area contributed by atoms with Crippen LogP contribution in [0.15, 0.2) is 24.3 Å². The van der Waals surface area contributed by atoms with Crippen molar-refractivity contribution in [2.24, 2.45) is 10.8 Å². The van der Waals surface area contributed by atoms with E-state index < -0.39 is 0 Å². The Kier molecular flexibility index (Phi) is 4.97. The van der Waals surface area contributed by atoms with Crippen molar-refractivity contribution in [1.29, 1.82) is 0 Å². The topological polar surface area (TPSA) is 47.9 Å². The zero-order valence-corrected chi connectivity index (χ0v) is 13.4. The summed E-state index contributed by atoms with van der Waals surface area (Å²) >= 11 is 0. The second-order valence-corrected chi connectivity index (χ2v) is 7.30. The summed E-state index contributed by atoms with van der Waals surface area (Å²) in [6.45, 7) is 10.2. The van der Waals surface area contributed by atoms with E-state index in [0.717, 1.165) is 11.2 Å². The average molecular weight is 292 g/mol. The lowest BCUT2D eigenvalue weighted by Gasteiger charge is -2.33. The number of rotatable bonds is 5. The van der Waals surface area contributed by atoms with E-state index in [2.05, 4.69) is 13.8 Å². The smallest absolute Gasteiger partial charge is 0.493 e. The predicted octanol–water partition coefficient (Wildman–Crippen LogP) is 1.85. The Labute approximate surface area is 127 Å². The number of hydrogen-bond donors (Lipinski definition) is 1. The maximum absolute atomic E-state index is 9.22. The highest BCUT2D eigenvalue weighted by molar-refractivity contribution is 6.61. The Morgan fingerprint density at radius 3 is 2.29 bits per heavy atom. The summed E-state index contributed by atoms with van der Waals surface area (Å²) < 4.78 is 17.2. The number of hydrogen-bond acceptors (Lipinski definition) is 4. The summed E-state index contributed by atoms with van der Waals surface area (Å²) in [4.78, 5) is 0. The molecule has 1 aromatic carbocycles. The molecule has 0 radical (unpaired) electrons. The molecular formula is C16H25BO4. The van der Waals surface area contributed by atoms with Crippen molar-refractivity contribution in [3.05, 3.63) is 24.3 Å². The molecule has 0 atom stereocenters. The van der Waals surface area contributed by atoms with Gasteiger partial charge in [0.25, 0.3) is 0 Å². The van der Waals surface area contributed by atoms with Crippen LogP contribution < -0.4 is 10.2 Å². The molecule has 0 aromatic heterocycles. The van der Waals surface area contributed by atoms with Crippen LogP contribution in [0.3, 0.4) is 0 Å². The monoisotopic (exact) mass is 292 g/mol. The summed E-state index contributed by atoms with van der Waals surface area (Å²) in [6.07, 6.45) is 0. The second-order valence-electron chi connectivity index (χ2n) is 7.30. The van der Waals surface area contributed by atoms with Crippen molar-refractivity contribution in [1.82, 2.24) is 0 Å². The van der Waals surface area contributed by atoms with Crippen molar-refractivity contribution in [3.63, 3.8) is 0 Å². The van der Waals surface area contributed by atoms with Crippen LogP contribution in [-0.2, 0) is 9.31 Å². The van der Waals surface area contributed by atoms with Crippen LogP contribution >= 0.6 is 0 Å². The molecule has 116 valence electrons. The molecular weight excluding hydrogens is 267 g/mol. The summed E-state index contributed by atoms with van der Waals surface area (Å²) in [6, 6.07) is 7.75. The highest BCUT2D eigenvalue weighted by atomic mass is 16.6. The van der Waals surface area contributed by atoms with Crippen LogP contribution in [0, 0.1) is 10.8 Å². The minimum Gasteiger partial charge on any atom is -0.493 e. The molecule has 4 nitrogen and oxygen atoms in total. The molecule has 1 fully saturated rings. The van der Waals surface area contributed by atoms with Crippen molar-refractivity contribution >= 4 is 12.6 Å². The molecule has 0 unspecified atom stereocenters. The number of aliphatic hydroxyl groups is 1. The van der Waals surface area contributed by atoms with Crippen LogP contribution in [0.25, 0.3) is 0 Å². The lowest BCUT2D eigenvalue weighted by molar-refractivity contribution is 0.0343. The van der Waals surface area contributed by atoms with Gasteiger partial charge in [-0.25, -0.2) is 0 Å².